The van der Waals surface area contributed by atoms with Crippen molar-refractivity contribution < 1.29 is 23.6 Å². The SMILES string of the molecule is CN1CCN(C(=O)N(Cc2ccc(C(=O)NO)cc2)c2ccc(F)cc2F)CC1. The first kappa shape index (κ1) is 20.7. The Morgan fingerprint density at radius 3 is 2.31 bits per heavy atom. The van der Waals surface area contributed by atoms with Crippen LogP contribution in [0.1, 0.15) is 15.9 Å². The minimum absolute atomic E-state index is 0.0208. The third kappa shape index (κ3) is 4.87. The Bertz CT molecular complexity index is 884. The van der Waals surface area contributed by atoms with E-state index in [1.54, 1.807) is 22.5 Å². The number of amides is 3. The van der Waals surface area contributed by atoms with E-state index in [2.05, 4.69) is 4.90 Å². The van der Waals surface area contributed by atoms with E-state index in [0.29, 0.717) is 31.7 Å². The van der Waals surface area contributed by atoms with Gasteiger partial charge in [-0.05, 0) is 36.9 Å². The summed E-state index contributed by atoms with van der Waals surface area (Å²) in [4.78, 5) is 29.6. The Kier molecular flexibility index (Phi) is 6.40. The van der Waals surface area contributed by atoms with Crippen molar-refractivity contribution in [3.63, 3.8) is 0 Å². The summed E-state index contributed by atoms with van der Waals surface area (Å²) in [5.74, 6) is -2.21. The van der Waals surface area contributed by atoms with Gasteiger partial charge in [0.2, 0.25) is 0 Å². The van der Waals surface area contributed by atoms with Gasteiger partial charge < -0.3 is 9.80 Å². The van der Waals surface area contributed by atoms with Gasteiger partial charge in [0, 0.05) is 37.8 Å². The molecule has 9 heteroatoms. The van der Waals surface area contributed by atoms with E-state index in [1.807, 2.05) is 7.05 Å². The van der Waals surface area contributed by atoms with Crippen molar-refractivity contribution in [2.24, 2.45) is 0 Å². The van der Waals surface area contributed by atoms with Crippen molar-refractivity contribution in [1.82, 2.24) is 15.3 Å². The molecule has 0 aliphatic carbocycles. The summed E-state index contributed by atoms with van der Waals surface area (Å²) in [6.07, 6.45) is 0. The van der Waals surface area contributed by atoms with Crippen molar-refractivity contribution in [3.8, 4) is 0 Å². The van der Waals surface area contributed by atoms with E-state index >= 15 is 0 Å². The molecule has 154 valence electrons. The van der Waals surface area contributed by atoms with Crippen LogP contribution >= 0.6 is 0 Å². The first-order valence-corrected chi connectivity index (χ1v) is 9.12. The molecule has 1 fully saturated rings. The number of hydrogen-bond donors (Lipinski definition) is 2. The predicted molar refractivity (Wildman–Crippen MR) is 103 cm³/mol. The number of anilines is 1. The van der Waals surface area contributed by atoms with E-state index in [9.17, 15) is 18.4 Å². The largest absolute Gasteiger partial charge is 0.324 e. The molecule has 29 heavy (non-hydrogen) atoms. The molecule has 0 spiro atoms. The lowest BCUT2D eigenvalue weighted by atomic mass is 10.1. The van der Waals surface area contributed by atoms with Gasteiger partial charge in [0.15, 0.2) is 0 Å². The van der Waals surface area contributed by atoms with Crippen LogP contribution in [-0.2, 0) is 6.54 Å². The molecule has 0 saturated carbocycles. The summed E-state index contributed by atoms with van der Waals surface area (Å²) in [5.41, 5.74) is 2.41. The minimum atomic E-state index is -0.830. The van der Waals surface area contributed by atoms with Crippen LogP contribution in [0.5, 0.6) is 0 Å². The van der Waals surface area contributed by atoms with Gasteiger partial charge in [-0.3, -0.25) is 14.9 Å². The molecule has 0 aromatic heterocycles. The molecule has 0 unspecified atom stereocenters. The third-order valence-electron chi connectivity index (χ3n) is 4.86. The molecule has 7 nitrogen and oxygen atoms in total. The summed E-state index contributed by atoms with van der Waals surface area (Å²) in [6, 6.07) is 8.91. The fraction of sp³-hybridized carbons (Fsp3) is 0.300. The van der Waals surface area contributed by atoms with Gasteiger partial charge in [-0.2, -0.15) is 0 Å². The summed E-state index contributed by atoms with van der Waals surface area (Å²) in [7, 11) is 1.96. The maximum absolute atomic E-state index is 14.5. The van der Waals surface area contributed by atoms with Gasteiger partial charge in [-0.1, -0.05) is 12.1 Å². The zero-order chi connectivity index (χ0) is 21.0. The molecule has 1 aliphatic rings. The van der Waals surface area contributed by atoms with Crippen LogP contribution in [0, 0.1) is 11.6 Å². The molecule has 1 heterocycles. The molecule has 2 aromatic rings. The molecule has 0 bridgehead atoms. The highest BCUT2D eigenvalue weighted by Crippen LogP contribution is 2.24. The Balaban J connectivity index is 1.88. The van der Waals surface area contributed by atoms with E-state index in [4.69, 9.17) is 5.21 Å². The molecule has 1 saturated heterocycles. The molecule has 3 amide bonds. The van der Waals surface area contributed by atoms with Crippen molar-refractivity contribution in [2.45, 2.75) is 6.54 Å². The highest BCUT2D eigenvalue weighted by atomic mass is 19.1. The zero-order valence-electron chi connectivity index (χ0n) is 15.9. The second kappa shape index (κ2) is 8.97. The van der Waals surface area contributed by atoms with Crippen LogP contribution in [0.4, 0.5) is 19.3 Å². The number of hydrogen-bond acceptors (Lipinski definition) is 4. The maximum atomic E-state index is 14.5. The Hall–Kier alpha value is -3.04. The number of carbonyl (C=O) groups excluding carboxylic acids is 2. The standard InChI is InChI=1S/C20H22F2N4O3/c1-24-8-10-25(11-9-24)20(28)26(18-7-6-16(21)12-17(18)22)13-14-2-4-15(5-3-14)19(27)23-29/h2-7,12,29H,8-11,13H2,1H3,(H,23,27). The molecule has 2 N–H and O–H groups in total. The summed E-state index contributed by atoms with van der Waals surface area (Å²) in [6.45, 7) is 2.45. The van der Waals surface area contributed by atoms with Gasteiger partial charge >= 0.3 is 6.03 Å². The van der Waals surface area contributed by atoms with E-state index in [-0.39, 0.29) is 23.8 Å². The molecule has 0 atom stereocenters. The highest BCUT2D eigenvalue weighted by Gasteiger charge is 2.27. The van der Waals surface area contributed by atoms with Gasteiger partial charge in [0.05, 0.1) is 12.2 Å². The van der Waals surface area contributed by atoms with Crippen molar-refractivity contribution >= 4 is 17.6 Å². The number of carbonyl (C=O) groups is 2. The highest BCUT2D eigenvalue weighted by molar-refractivity contribution is 5.94. The maximum Gasteiger partial charge on any atom is 0.324 e. The number of urea groups is 1. The van der Waals surface area contributed by atoms with Crippen LogP contribution < -0.4 is 10.4 Å². The molecule has 0 radical (unpaired) electrons. The Morgan fingerprint density at radius 2 is 1.72 bits per heavy atom. The zero-order valence-corrected chi connectivity index (χ0v) is 15.9. The van der Waals surface area contributed by atoms with Gasteiger partial charge in [0.1, 0.15) is 11.6 Å². The number of benzene rings is 2. The smallest absolute Gasteiger partial charge is 0.322 e. The second-order valence-corrected chi connectivity index (χ2v) is 6.89. The number of likely N-dealkylation sites (N-methyl/N-ethyl adjacent to an activating group) is 1. The third-order valence-corrected chi connectivity index (χ3v) is 4.86. The molecule has 1 aliphatic heterocycles. The normalized spacial score (nSPS) is 14.6. The lowest BCUT2D eigenvalue weighted by Gasteiger charge is -2.36. The Morgan fingerprint density at radius 1 is 1.07 bits per heavy atom. The lowest BCUT2D eigenvalue weighted by Crippen LogP contribution is -2.52. The predicted octanol–water partition coefficient (Wildman–Crippen LogP) is 2.46. The number of nitrogens with zero attached hydrogens (tertiary/aromatic N) is 3. The molecular formula is C20H22F2N4O3. The molecular weight excluding hydrogens is 382 g/mol. The van der Waals surface area contributed by atoms with Crippen LogP contribution in [0.3, 0.4) is 0 Å². The van der Waals surface area contributed by atoms with E-state index < -0.39 is 17.5 Å². The number of nitrogens with one attached hydrogen (secondary N) is 1. The van der Waals surface area contributed by atoms with Gasteiger partial charge in [-0.15, -0.1) is 0 Å². The summed E-state index contributed by atoms with van der Waals surface area (Å²) >= 11 is 0. The van der Waals surface area contributed by atoms with Crippen molar-refractivity contribution in [2.75, 3.05) is 38.1 Å². The number of rotatable bonds is 4. The first-order chi connectivity index (χ1) is 13.9. The number of piperazine rings is 1. The minimum Gasteiger partial charge on any atom is -0.322 e. The molecule has 3 rings (SSSR count). The van der Waals surface area contributed by atoms with Crippen LogP contribution in [0.15, 0.2) is 42.5 Å². The van der Waals surface area contributed by atoms with Crippen LogP contribution in [0.2, 0.25) is 0 Å². The number of hydroxylamine groups is 1. The topological polar surface area (TPSA) is 76.1 Å². The van der Waals surface area contributed by atoms with Crippen molar-refractivity contribution in [3.05, 3.63) is 65.2 Å². The average Bonchev–Trinajstić information content (AvgIpc) is 2.72. The quantitative estimate of drug-likeness (QED) is 0.606. The first-order valence-electron chi connectivity index (χ1n) is 9.12. The monoisotopic (exact) mass is 404 g/mol. The van der Waals surface area contributed by atoms with Crippen LogP contribution in [0.25, 0.3) is 0 Å². The second-order valence-electron chi connectivity index (χ2n) is 6.89. The van der Waals surface area contributed by atoms with Crippen LogP contribution in [-0.4, -0.2) is 60.2 Å². The molecule has 2 aromatic carbocycles. The fourth-order valence-corrected chi connectivity index (χ4v) is 3.13. The van der Waals surface area contributed by atoms with E-state index in [0.717, 1.165) is 12.1 Å². The van der Waals surface area contributed by atoms with E-state index in [1.165, 1.54) is 23.1 Å². The van der Waals surface area contributed by atoms with Gasteiger partial charge in [0.25, 0.3) is 5.91 Å². The van der Waals surface area contributed by atoms with Crippen molar-refractivity contribution in [1.29, 1.82) is 0 Å². The fourth-order valence-electron chi connectivity index (χ4n) is 3.13. The number of halogens is 2. The summed E-state index contributed by atoms with van der Waals surface area (Å²) in [5, 5.41) is 8.71. The Labute approximate surface area is 167 Å². The average molecular weight is 404 g/mol. The van der Waals surface area contributed by atoms with Gasteiger partial charge in [-0.25, -0.2) is 19.1 Å². The summed E-state index contributed by atoms with van der Waals surface area (Å²) < 4.78 is 27.8. The lowest BCUT2D eigenvalue weighted by molar-refractivity contribution is 0.0706.